The minimum absolute atomic E-state index is 0.0303. The number of amides is 2. The van der Waals surface area contributed by atoms with Gasteiger partial charge in [0.25, 0.3) is 0 Å². The molecule has 0 unspecified atom stereocenters. The van der Waals surface area contributed by atoms with E-state index in [1.54, 1.807) is 12.1 Å². The van der Waals surface area contributed by atoms with Gasteiger partial charge in [0, 0.05) is 30.2 Å². The maximum Gasteiger partial charge on any atom is 0.407 e. The van der Waals surface area contributed by atoms with Gasteiger partial charge in [-0.3, -0.25) is 4.79 Å². The first-order chi connectivity index (χ1) is 22.9. The molecule has 3 rings (SSSR count). The van der Waals surface area contributed by atoms with Crippen LogP contribution < -0.4 is 16.4 Å². The molecule has 10 nitrogen and oxygen atoms in total. The Kier molecular flexibility index (Phi) is 14.9. The van der Waals surface area contributed by atoms with Gasteiger partial charge in [0.15, 0.2) is 0 Å². The van der Waals surface area contributed by atoms with Crippen molar-refractivity contribution in [2.24, 2.45) is 11.8 Å². The molecule has 3 aromatic rings. The fourth-order valence-electron chi connectivity index (χ4n) is 5.79. The number of nitrogens with one attached hydrogen (secondary N) is 2. The van der Waals surface area contributed by atoms with Crippen molar-refractivity contribution < 1.29 is 27.9 Å². The van der Waals surface area contributed by atoms with Crippen molar-refractivity contribution in [3.05, 3.63) is 96.1 Å². The van der Waals surface area contributed by atoms with E-state index in [1.165, 1.54) is 23.5 Å². The number of ether oxygens (including phenoxy) is 1. The van der Waals surface area contributed by atoms with Gasteiger partial charge in [-0.25, -0.2) is 13.2 Å². The first-order valence-electron chi connectivity index (χ1n) is 16.6. The van der Waals surface area contributed by atoms with Gasteiger partial charge in [-0.05, 0) is 72.9 Å². The lowest BCUT2D eigenvalue weighted by Gasteiger charge is -2.32. The van der Waals surface area contributed by atoms with Crippen molar-refractivity contribution in [2.45, 2.75) is 82.3 Å². The van der Waals surface area contributed by atoms with Crippen LogP contribution in [0.4, 0.5) is 10.5 Å². The van der Waals surface area contributed by atoms with Gasteiger partial charge in [0.05, 0.1) is 18.6 Å². The molecule has 0 bridgehead atoms. The number of aliphatic hydroxyl groups is 1. The van der Waals surface area contributed by atoms with Crippen molar-refractivity contribution in [1.29, 1.82) is 0 Å². The van der Waals surface area contributed by atoms with E-state index in [4.69, 9.17) is 10.5 Å². The Hall–Kier alpha value is -3.93. The second kappa shape index (κ2) is 18.6. The van der Waals surface area contributed by atoms with Crippen LogP contribution in [0.3, 0.4) is 0 Å². The first-order valence-corrected chi connectivity index (χ1v) is 18.1. The molecule has 48 heavy (non-hydrogen) atoms. The number of carbonyl (C=O) groups is 2. The molecule has 0 aliphatic rings. The van der Waals surface area contributed by atoms with E-state index in [-0.39, 0.29) is 41.8 Å². The monoisotopic (exact) mass is 680 g/mol. The molecular weight excluding hydrogens is 628 g/mol. The van der Waals surface area contributed by atoms with Gasteiger partial charge in [-0.15, -0.1) is 0 Å². The van der Waals surface area contributed by atoms with Crippen LogP contribution in [0.5, 0.6) is 0 Å². The number of hydrogen-bond donors (Lipinski definition) is 4. The Balaban J connectivity index is 1.83. The highest BCUT2D eigenvalue weighted by atomic mass is 32.2. The standard InChI is InChI=1S/C37H52N4O6S/c1-26(2)23-24-41(48(45,46)32-21-19-30(38)20-22-32)31(25-42)17-12-18-33(27(3)4)39-36(43)35(40-37(44)47-5)34(28-13-8-6-9-14-28)29-15-10-7-11-16-29/h6-11,13-16,19-22,26-27,31,33-35,42H,12,17-18,23-25,38H2,1-5H3,(H,39,43)(H,40,44)/t31-,33+,35-/m0/s1. The summed E-state index contributed by atoms with van der Waals surface area (Å²) >= 11 is 0. The third-order valence-electron chi connectivity index (χ3n) is 8.61. The van der Waals surface area contributed by atoms with Crippen LogP contribution in [0, 0.1) is 11.8 Å². The Morgan fingerprint density at radius 1 is 0.833 bits per heavy atom. The summed E-state index contributed by atoms with van der Waals surface area (Å²) in [6.07, 6.45) is 1.38. The molecule has 0 aromatic heterocycles. The summed E-state index contributed by atoms with van der Waals surface area (Å²) in [6.45, 7) is 7.99. The molecule has 3 aromatic carbocycles. The molecule has 0 radical (unpaired) electrons. The first kappa shape index (κ1) is 38.5. The van der Waals surface area contributed by atoms with Crippen molar-refractivity contribution in [3.63, 3.8) is 0 Å². The molecule has 262 valence electrons. The molecule has 0 heterocycles. The largest absolute Gasteiger partial charge is 0.453 e. The SMILES string of the molecule is COC(=O)N[C@H](C(=O)N[C@H](CCC[C@@H](CO)N(CCC(C)C)S(=O)(=O)c1ccc(N)cc1)C(C)C)C(c1ccccc1)c1ccccc1. The number of rotatable bonds is 18. The van der Waals surface area contributed by atoms with Crippen LogP contribution >= 0.6 is 0 Å². The lowest BCUT2D eigenvalue weighted by molar-refractivity contribution is -0.124. The second-order valence-corrected chi connectivity index (χ2v) is 14.8. The summed E-state index contributed by atoms with van der Waals surface area (Å²) in [6, 6.07) is 23.2. The summed E-state index contributed by atoms with van der Waals surface area (Å²) < 4.78 is 33.9. The third kappa shape index (κ3) is 10.8. The summed E-state index contributed by atoms with van der Waals surface area (Å²) in [5.74, 6) is -0.565. The molecule has 5 N–H and O–H groups in total. The van der Waals surface area contributed by atoms with E-state index >= 15 is 0 Å². The number of anilines is 1. The van der Waals surface area contributed by atoms with E-state index in [0.717, 1.165) is 11.1 Å². The van der Waals surface area contributed by atoms with Gasteiger partial charge in [-0.2, -0.15) is 4.31 Å². The molecule has 0 spiro atoms. The van der Waals surface area contributed by atoms with E-state index in [1.807, 2.05) is 88.4 Å². The zero-order valence-electron chi connectivity index (χ0n) is 28.7. The van der Waals surface area contributed by atoms with Crippen LogP contribution in [-0.2, 0) is 19.6 Å². The Morgan fingerprint density at radius 2 is 1.40 bits per heavy atom. The van der Waals surface area contributed by atoms with Crippen molar-refractivity contribution >= 4 is 27.7 Å². The Morgan fingerprint density at radius 3 is 1.88 bits per heavy atom. The molecule has 0 fully saturated rings. The highest BCUT2D eigenvalue weighted by molar-refractivity contribution is 7.89. The molecule has 0 aliphatic heterocycles. The van der Waals surface area contributed by atoms with Crippen molar-refractivity contribution in [3.8, 4) is 0 Å². The molecule has 0 saturated carbocycles. The van der Waals surface area contributed by atoms with Crippen LogP contribution in [0.25, 0.3) is 0 Å². The van der Waals surface area contributed by atoms with Crippen molar-refractivity contribution in [2.75, 3.05) is 26.0 Å². The van der Waals surface area contributed by atoms with Crippen LogP contribution in [0.15, 0.2) is 89.8 Å². The highest BCUT2D eigenvalue weighted by Gasteiger charge is 2.35. The van der Waals surface area contributed by atoms with Crippen LogP contribution in [0.1, 0.15) is 70.4 Å². The van der Waals surface area contributed by atoms with Crippen molar-refractivity contribution in [1.82, 2.24) is 14.9 Å². The number of aliphatic hydroxyl groups excluding tert-OH is 1. The minimum atomic E-state index is -3.90. The number of nitrogens with zero attached hydrogens (tertiary/aromatic N) is 1. The highest BCUT2D eigenvalue weighted by Crippen LogP contribution is 2.29. The molecule has 0 aliphatic carbocycles. The second-order valence-electron chi connectivity index (χ2n) is 12.9. The predicted molar refractivity (Wildman–Crippen MR) is 190 cm³/mol. The smallest absolute Gasteiger partial charge is 0.407 e. The van der Waals surface area contributed by atoms with Gasteiger partial charge >= 0.3 is 6.09 Å². The molecule has 3 atom stereocenters. The van der Waals surface area contributed by atoms with E-state index in [2.05, 4.69) is 10.6 Å². The van der Waals surface area contributed by atoms with E-state index in [9.17, 15) is 23.1 Å². The van der Waals surface area contributed by atoms with Crippen LogP contribution in [0.2, 0.25) is 0 Å². The number of nitrogens with two attached hydrogens (primary N) is 1. The quantitative estimate of drug-likeness (QED) is 0.129. The molecule has 2 amide bonds. The van der Waals surface area contributed by atoms with Gasteiger partial charge in [0.2, 0.25) is 15.9 Å². The maximum absolute atomic E-state index is 14.1. The fourth-order valence-corrected chi connectivity index (χ4v) is 7.45. The van der Waals surface area contributed by atoms with Gasteiger partial charge in [-0.1, -0.05) is 88.4 Å². The number of methoxy groups -OCH3 is 1. The normalized spacial score (nSPS) is 13.8. The van der Waals surface area contributed by atoms with E-state index in [0.29, 0.717) is 31.4 Å². The number of hydrogen-bond acceptors (Lipinski definition) is 7. The van der Waals surface area contributed by atoms with E-state index < -0.39 is 34.1 Å². The topological polar surface area (TPSA) is 151 Å². The minimum Gasteiger partial charge on any atom is -0.453 e. The number of benzene rings is 3. The lowest BCUT2D eigenvalue weighted by atomic mass is 9.84. The number of nitrogen functional groups attached to an aromatic ring is 1. The average Bonchev–Trinajstić information content (AvgIpc) is 3.07. The Labute approximate surface area is 286 Å². The zero-order chi connectivity index (χ0) is 35.3. The average molecular weight is 681 g/mol. The van der Waals surface area contributed by atoms with Crippen LogP contribution in [-0.4, -0.2) is 68.2 Å². The summed E-state index contributed by atoms with van der Waals surface area (Å²) in [5.41, 5.74) is 7.98. The number of carbonyl (C=O) groups excluding carboxylic acids is 2. The molecule has 0 saturated heterocycles. The summed E-state index contributed by atoms with van der Waals surface area (Å²) in [7, 11) is -2.64. The Bertz CT molecular complexity index is 1480. The third-order valence-corrected chi connectivity index (χ3v) is 10.6. The van der Waals surface area contributed by atoms with Gasteiger partial charge < -0.3 is 26.2 Å². The fraction of sp³-hybridized carbons (Fsp3) is 0.459. The number of sulfonamides is 1. The maximum atomic E-state index is 14.1. The van der Waals surface area contributed by atoms with Gasteiger partial charge in [0.1, 0.15) is 6.04 Å². The number of alkyl carbamates (subject to hydrolysis) is 1. The molecule has 11 heteroatoms. The lowest BCUT2D eigenvalue weighted by Crippen LogP contribution is -2.53. The zero-order valence-corrected chi connectivity index (χ0v) is 29.5. The summed E-state index contributed by atoms with van der Waals surface area (Å²) in [5, 5.41) is 16.4. The molecular formula is C37H52N4O6S. The summed E-state index contributed by atoms with van der Waals surface area (Å²) in [4.78, 5) is 26.8. The predicted octanol–water partition coefficient (Wildman–Crippen LogP) is 5.53.